The van der Waals surface area contributed by atoms with Gasteiger partial charge in [-0.25, -0.2) is 8.78 Å². The first kappa shape index (κ1) is 43.1. The Balaban J connectivity index is 0.000000306. The number of hydrogen-bond donors (Lipinski definition) is 0. The van der Waals surface area contributed by atoms with E-state index in [1.807, 2.05) is 39.8 Å². The summed E-state index contributed by atoms with van der Waals surface area (Å²) in [7, 11) is 8.95. The fourth-order valence-corrected chi connectivity index (χ4v) is 7.43. The van der Waals surface area contributed by atoms with Gasteiger partial charge in [0.05, 0.1) is 41.1 Å². The van der Waals surface area contributed by atoms with Gasteiger partial charge in [-0.1, -0.05) is 76.7 Å². The van der Waals surface area contributed by atoms with Gasteiger partial charge in [0.15, 0.2) is 0 Å². The molecule has 5 rings (SSSR count). The Bertz CT molecular complexity index is 1240. The van der Waals surface area contributed by atoms with E-state index >= 15 is 0 Å². The minimum atomic E-state index is -0.681. The number of rotatable bonds is 5. The Morgan fingerprint density at radius 1 is 0.804 bits per heavy atom. The van der Waals surface area contributed by atoms with Gasteiger partial charge in [-0.05, 0) is 97.6 Å². The molecule has 4 nitrogen and oxygen atoms in total. The second-order valence-corrected chi connectivity index (χ2v) is 18.1. The third kappa shape index (κ3) is 11.2. The normalized spacial score (nSPS) is 28.3. The van der Waals surface area contributed by atoms with Crippen molar-refractivity contribution in [3.05, 3.63) is 71.1 Å². The molecule has 264 valence electrons. The Morgan fingerprint density at radius 2 is 1.22 bits per heavy atom. The van der Waals surface area contributed by atoms with Crippen LogP contribution in [0, 0.1) is 30.9 Å². The van der Waals surface area contributed by atoms with Crippen LogP contribution in [0.3, 0.4) is 0 Å². The molecule has 0 amide bonds. The Hall–Kier alpha value is 0.887. The molecule has 6 unspecified atom stereocenters. The number of hydrogen-bond acceptors (Lipinski definition) is 4. The van der Waals surface area contributed by atoms with Gasteiger partial charge in [-0.2, -0.15) is 0 Å². The molecule has 3 fully saturated rings. The van der Waals surface area contributed by atoms with E-state index in [1.165, 1.54) is 0 Å². The minimum absolute atomic E-state index is 0. The first-order valence-electron chi connectivity index (χ1n) is 15.1. The van der Waals surface area contributed by atoms with Gasteiger partial charge < -0.3 is 26.2 Å². The Labute approximate surface area is 316 Å². The van der Waals surface area contributed by atoms with Crippen LogP contribution in [0.1, 0.15) is 90.6 Å². The standard InChI is InChI=1S/C19H27BBrFO3.C13H15Br2FO.CH3.2ClH.Pd/c1-6-12-11-23-17(10-15(12)21)13-7-8-14(16(22)9-13)20-24-18(2,3)19(4,5)25-20;1-2-8-7-17-13(6-11(8)15)9-3-4-10(14)12(16)5-9;;;;/h7-9,12,15,17H,6,10-11H2,1-5H3;3-5,8,11,13H,2,6-7H2,1H3;1H3;2*1H;/q;;-1;;;+2/p-2. The van der Waals surface area contributed by atoms with Gasteiger partial charge in [-0.15, -0.1) is 0 Å². The molecule has 0 N–H and O–H groups in total. The van der Waals surface area contributed by atoms with Crippen molar-refractivity contribution >= 4 is 79.4 Å². The second-order valence-electron chi connectivity index (χ2n) is 12.6. The van der Waals surface area contributed by atoms with E-state index in [4.69, 9.17) is 37.8 Å². The summed E-state index contributed by atoms with van der Waals surface area (Å²) in [6, 6.07) is 10.5. The summed E-state index contributed by atoms with van der Waals surface area (Å²) in [6.07, 6.45) is 3.88. The Morgan fingerprint density at radius 3 is 1.59 bits per heavy atom. The van der Waals surface area contributed by atoms with Crippen molar-refractivity contribution in [2.45, 2.75) is 100 Å². The van der Waals surface area contributed by atoms with Crippen molar-refractivity contribution in [3.8, 4) is 0 Å². The quantitative estimate of drug-likeness (QED) is 0.170. The van der Waals surface area contributed by atoms with E-state index in [0.29, 0.717) is 38.0 Å². The monoisotopic (exact) mass is 967 g/mol. The van der Waals surface area contributed by atoms with Crippen LogP contribution < -0.4 is 5.46 Å². The molecule has 2 aromatic rings. The van der Waals surface area contributed by atoms with Crippen molar-refractivity contribution in [3.63, 3.8) is 0 Å². The summed E-state index contributed by atoms with van der Waals surface area (Å²) in [4.78, 5) is 0.861. The third-order valence-electron chi connectivity index (χ3n) is 9.19. The fourth-order valence-electron chi connectivity index (χ4n) is 5.45. The molecule has 0 spiro atoms. The molecule has 3 saturated heterocycles. The van der Waals surface area contributed by atoms with Gasteiger partial charge in [0.2, 0.25) is 0 Å². The van der Waals surface area contributed by atoms with Crippen molar-refractivity contribution in [1.82, 2.24) is 0 Å². The van der Waals surface area contributed by atoms with Crippen molar-refractivity contribution in [1.29, 1.82) is 0 Å². The maximum atomic E-state index is 14.8. The zero-order valence-electron chi connectivity index (χ0n) is 27.3. The predicted molar refractivity (Wildman–Crippen MR) is 194 cm³/mol. The van der Waals surface area contributed by atoms with Crippen LogP contribution in [0.15, 0.2) is 40.9 Å². The molecule has 0 radical (unpaired) electrons. The van der Waals surface area contributed by atoms with Crippen LogP contribution in [-0.4, -0.2) is 41.2 Å². The fraction of sp³-hybridized carbons (Fsp3) is 0.606. The van der Waals surface area contributed by atoms with Crippen molar-refractivity contribution in [2.75, 3.05) is 13.2 Å². The van der Waals surface area contributed by atoms with E-state index in [0.717, 1.165) is 43.4 Å². The van der Waals surface area contributed by atoms with Gasteiger partial charge in [0, 0.05) is 15.1 Å². The summed E-state index contributed by atoms with van der Waals surface area (Å²) in [5.41, 5.74) is 1.28. The summed E-state index contributed by atoms with van der Waals surface area (Å²) in [6.45, 7) is 13.7. The molecule has 3 aliphatic heterocycles. The summed E-state index contributed by atoms with van der Waals surface area (Å²) in [5, 5.41) is 0. The first-order chi connectivity index (χ1) is 21.2. The maximum absolute atomic E-state index is 14.8. The van der Waals surface area contributed by atoms with E-state index in [-0.39, 0.29) is 47.2 Å². The summed E-state index contributed by atoms with van der Waals surface area (Å²) in [5.74, 6) is 0.551. The summed E-state index contributed by atoms with van der Waals surface area (Å²) >= 11 is 10.5. The topological polar surface area (TPSA) is 36.9 Å². The van der Waals surface area contributed by atoms with Crippen LogP contribution in [0.5, 0.6) is 0 Å². The molecular formula is C33H45BBr3Cl2F2O4Pd-. The van der Waals surface area contributed by atoms with Crippen LogP contribution in [0.4, 0.5) is 8.78 Å². The van der Waals surface area contributed by atoms with Crippen molar-refractivity contribution < 1.29 is 43.5 Å². The molecule has 46 heavy (non-hydrogen) atoms. The second kappa shape index (κ2) is 19.5. The molecule has 3 heterocycles. The molecule has 0 bridgehead atoms. The molecule has 0 aromatic heterocycles. The summed E-state index contributed by atoms with van der Waals surface area (Å²) < 4.78 is 52.4. The van der Waals surface area contributed by atoms with Gasteiger partial charge in [-0.3, -0.25) is 0 Å². The number of benzene rings is 2. The van der Waals surface area contributed by atoms with Crippen LogP contribution in [-0.2, 0) is 34.7 Å². The van der Waals surface area contributed by atoms with Crippen LogP contribution in [0.2, 0.25) is 0 Å². The average molecular weight is 972 g/mol. The molecular weight excluding hydrogens is 926 g/mol. The zero-order chi connectivity index (χ0) is 33.5. The Kier molecular flexibility index (Phi) is 18.2. The van der Waals surface area contributed by atoms with E-state index in [2.05, 4.69) is 61.6 Å². The van der Waals surface area contributed by atoms with Crippen LogP contribution in [0.25, 0.3) is 0 Å². The van der Waals surface area contributed by atoms with Gasteiger partial charge >= 0.3 is 42.1 Å². The third-order valence-corrected chi connectivity index (χ3v) is 12.1. The van der Waals surface area contributed by atoms with Crippen LogP contribution >= 0.6 is 66.8 Å². The number of alkyl halides is 2. The molecule has 3 aliphatic rings. The van der Waals surface area contributed by atoms with Crippen molar-refractivity contribution in [2.24, 2.45) is 11.8 Å². The number of ether oxygens (including phenoxy) is 2. The first-order valence-corrected chi connectivity index (χ1v) is 21.7. The SMILES string of the molecule is CCC1COC(c2ccc(B3OC(C)(C)C(C)(C)O3)c(F)c2)CC1Br.CCC1COC(c2ccc(Br)c(F)c2)CC1Br.[CH3-].[Cl][Pd][Cl]. The average Bonchev–Trinajstić information content (AvgIpc) is 3.21. The molecule has 2 aromatic carbocycles. The number of halogens is 7. The van der Waals surface area contributed by atoms with Gasteiger partial charge in [0.25, 0.3) is 0 Å². The van der Waals surface area contributed by atoms with E-state index < -0.39 is 18.3 Å². The molecule has 13 heteroatoms. The van der Waals surface area contributed by atoms with E-state index in [9.17, 15) is 8.78 Å². The van der Waals surface area contributed by atoms with Gasteiger partial charge in [0.1, 0.15) is 11.6 Å². The zero-order valence-corrected chi connectivity index (χ0v) is 35.2. The molecule has 6 atom stereocenters. The molecule has 0 aliphatic carbocycles. The molecule has 0 saturated carbocycles. The predicted octanol–water partition coefficient (Wildman–Crippen LogP) is 11.0. The van der Waals surface area contributed by atoms with E-state index in [1.54, 1.807) is 24.3 Å².